The lowest BCUT2D eigenvalue weighted by Crippen LogP contribution is -2.42. The Morgan fingerprint density at radius 2 is 1.84 bits per heavy atom. The molecule has 1 N–H and O–H groups in total. The number of ether oxygens (including phenoxy) is 2. The molecule has 7 nitrogen and oxygen atoms in total. The molecular weight excluding hydrogens is 428 g/mol. The number of nitrogens with zero attached hydrogens (tertiary/aromatic N) is 1. The van der Waals surface area contributed by atoms with Crippen LogP contribution in [0.15, 0.2) is 77.7 Å². The molecule has 4 rings (SSSR count). The summed E-state index contributed by atoms with van der Waals surface area (Å²) in [6, 6.07) is 20.6. The summed E-state index contributed by atoms with van der Waals surface area (Å²) in [5.74, 6) is 0.812. The molecule has 3 aromatic rings. The topological polar surface area (TPSA) is 84.9 Å². The number of amides is 1. The van der Waals surface area contributed by atoms with Crippen molar-refractivity contribution in [1.82, 2.24) is 0 Å². The van der Waals surface area contributed by atoms with Crippen molar-refractivity contribution < 1.29 is 22.7 Å². The summed E-state index contributed by atoms with van der Waals surface area (Å²) < 4.78 is 39.2. The van der Waals surface area contributed by atoms with Crippen LogP contribution in [0.1, 0.15) is 12.5 Å². The largest absolute Gasteiger partial charge is 0.487 e. The van der Waals surface area contributed by atoms with Gasteiger partial charge in [0, 0.05) is 5.69 Å². The number of nitrogens with one attached hydrogen (secondary N) is 1. The number of aryl methyl sites for hydroxylation is 1. The van der Waals surface area contributed by atoms with Gasteiger partial charge in [-0.25, -0.2) is 8.42 Å². The van der Waals surface area contributed by atoms with Gasteiger partial charge in [0.05, 0.1) is 17.1 Å². The molecule has 8 heteroatoms. The van der Waals surface area contributed by atoms with Crippen molar-refractivity contribution in [1.29, 1.82) is 0 Å². The number of anilines is 2. The number of benzene rings is 3. The lowest BCUT2D eigenvalue weighted by Gasteiger charge is -2.34. The van der Waals surface area contributed by atoms with Crippen molar-refractivity contribution in [2.75, 3.05) is 22.8 Å². The molecule has 1 aliphatic heterocycles. The Labute approximate surface area is 187 Å². The van der Waals surface area contributed by atoms with Crippen LogP contribution >= 0.6 is 0 Å². The smallest absolute Gasteiger partial charge is 0.264 e. The molecule has 32 heavy (non-hydrogen) atoms. The van der Waals surface area contributed by atoms with Crippen LogP contribution in [0, 0.1) is 6.92 Å². The molecule has 1 amide bonds. The van der Waals surface area contributed by atoms with E-state index in [2.05, 4.69) is 5.32 Å². The number of para-hydroxylation sites is 2. The average Bonchev–Trinajstić information content (AvgIpc) is 2.77. The normalized spacial score (nSPS) is 15.4. The van der Waals surface area contributed by atoms with Crippen LogP contribution in [0.25, 0.3) is 0 Å². The summed E-state index contributed by atoms with van der Waals surface area (Å²) in [5.41, 5.74) is 2.03. The third kappa shape index (κ3) is 4.70. The molecule has 0 aromatic heterocycles. The van der Waals surface area contributed by atoms with E-state index in [4.69, 9.17) is 9.47 Å². The standard InChI is InChI=1S/C24H24N2O5S/c1-17-6-5-7-20(14-17)30-16-24(27)25-19-10-12-21(13-11-19)32(28,29)26-15-18(2)31-23-9-4-3-8-22(23)26/h3-14,18H,15-16H2,1-2H3,(H,25,27)/t18-/m1/s1. The van der Waals surface area contributed by atoms with Crippen molar-refractivity contribution in [3.63, 3.8) is 0 Å². The van der Waals surface area contributed by atoms with Crippen LogP contribution in [-0.4, -0.2) is 33.6 Å². The molecule has 1 atom stereocenters. The van der Waals surface area contributed by atoms with Crippen LogP contribution in [0.4, 0.5) is 11.4 Å². The van der Waals surface area contributed by atoms with Crippen LogP contribution in [0.5, 0.6) is 11.5 Å². The maximum atomic E-state index is 13.3. The van der Waals surface area contributed by atoms with E-state index in [0.717, 1.165) is 5.56 Å². The molecule has 1 aliphatic rings. The molecule has 3 aromatic carbocycles. The first-order chi connectivity index (χ1) is 15.3. The van der Waals surface area contributed by atoms with Gasteiger partial charge in [-0.15, -0.1) is 0 Å². The molecule has 0 bridgehead atoms. The summed E-state index contributed by atoms with van der Waals surface area (Å²) in [5, 5.41) is 2.72. The first-order valence-electron chi connectivity index (χ1n) is 10.2. The fourth-order valence-electron chi connectivity index (χ4n) is 3.46. The summed E-state index contributed by atoms with van der Waals surface area (Å²) in [7, 11) is -3.79. The first kappa shape index (κ1) is 21.7. The molecule has 166 valence electrons. The van der Waals surface area contributed by atoms with E-state index < -0.39 is 10.0 Å². The van der Waals surface area contributed by atoms with E-state index in [1.165, 1.54) is 16.4 Å². The molecule has 0 unspecified atom stereocenters. The third-order valence-corrected chi connectivity index (χ3v) is 6.76. The molecule has 0 fully saturated rings. The average molecular weight is 453 g/mol. The highest BCUT2D eigenvalue weighted by atomic mass is 32.2. The minimum atomic E-state index is -3.79. The summed E-state index contributed by atoms with van der Waals surface area (Å²) >= 11 is 0. The highest BCUT2D eigenvalue weighted by Gasteiger charge is 2.32. The maximum absolute atomic E-state index is 13.3. The van der Waals surface area contributed by atoms with Gasteiger partial charge in [0.15, 0.2) is 6.61 Å². The quantitative estimate of drug-likeness (QED) is 0.611. The number of fused-ring (bicyclic) bond motifs is 1. The Morgan fingerprint density at radius 1 is 1.09 bits per heavy atom. The zero-order chi connectivity index (χ0) is 22.7. The number of carbonyl (C=O) groups excluding carboxylic acids is 1. The third-order valence-electron chi connectivity index (χ3n) is 4.97. The molecule has 0 saturated heterocycles. The van der Waals surface area contributed by atoms with E-state index in [9.17, 15) is 13.2 Å². The van der Waals surface area contributed by atoms with Gasteiger partial charge in [-0.1, -0.05) is 24.3 Å². The summed E-state index contributed by atoms with van der Waals surface area (Å²) in [6.07, 6.45) is -0.272. The van der Waals surface area contributed by atoms with Crippen molar-refractivity contribution in [3.8, 4) is 11.5 Å². The highest BCUT2D eigenvalue weighted by Crippen LogP contribution is 2.36. The van der Waals surface area contributed by atoms with Crippen molar-refractivity contribution in [3.05, 3.63) is 78.4 Å². The zero-order valence-electron chi connectivity index (χ0n) is 17.8. The number of carbonyl (C=O) groups is 1. The first-order valence-corrected chi connectivity index (χ1v) is 11.6. The molecular formula is C24H24N2O5S. The number of sulfonamides is 1. The monoisotopic (exact) mass is 452 g/mol. The SMILES string of the molecule is Cc1cccc(OCC(=O)Nc2ccc(S(=O)(=O)N3C[C@@H](C)Oc4ccccc43)cc2)c1. The van der Waals surface area contributed by atoms with Crippen molar-refractivity contribution in [2.45, 2.75) is 24.8 Å². The predicted octanol–water partition coefficient (Wildman–Crippen LogP) is 3.99. The van der Waals surface area contributed by atoms with E-state index >= 15 is 0 Å². The molecule has 0 saturated carbocycles. The lowest BCUT2D eigenvalue weighted by molar-refractivity contribution is -0.118. The van der Waals surface area contributed by atoms with Gasteiger partial charge >= 0.3 is 0 Å². The summed E-state index contributed by atoms with van der Waals surface area (Å²) in [4.78, 5) is 12.3. The second kappa shape index (κ2) is 8.92. The predicted molar refractivity (Wildman–Crippen MR) is 123 cm³/mol. The Balaban J connectivity index is 1.44. The van der Waals surface area contributed by atoms with Gasteiger partial charge in [0.1, 0.15) is 17.6 Å². The number of rotatable bonds is 6. The Kier molecular flexibility index (Phi) is 6.05. The second-order valence-electron chi connectivity index (χ2n) is 7.61. The Morgan fingerprint density at radius 3 is 2.59 bits per heavy atom. The van der Waals surface area contributed by atoms with Gasteiger partial charge in [0.2, 0.25) is 0 Å². The molecule has 0 aliphatic carbocycles. The van der Waals surface area contributed by atoms with E-state index in [0.29, 0.717) is 22.9 Å². The minimum absolute atomic E-state index is 0.135. The van der Waals surface area contributed by atoms with Crippen molar-refractivity contribution >= 4 is 27.3 Å². The van der Waals surface area contributed by atoms with Gasteiger partial charge in [-0.2, -0.15) is 0 Å². The van der Waals surface area contributed by atoms with Crippen LogP contribution in [0.3, 0.4) is 0 Å². The van der Waals surface area contributed by atoms with Gasteiger partial charge in [0.25, 0.3) is 15.9 Å². The maximum Gasteiger partial charge on any atom is 0.264 e. The van der Waals surface area contributed by atoms with Gasteiger partial charge in [-0.3, -0.25) is 9.10 Å². The van der Waals surface area contributed by atoms with Crippen LogP contribution in [0.2, 0.25) is 0 Å². The van der Waals surface area contributed by atoms with E-state index in [1.54, 1.807) is 36.4 Å². The lowest BCUT2D eigenvalue weighted by atomic mass is 10.2. The Hall–Kier alpha value is -3.52. The van der Waals surface area contributed by atoms with Crippen LogP contribution in [-0.2, 0) is 14.8 Å². The fraction of sp³-hybridized carbons (Fsp3) is 0.208. The summed E-state index contributed by atoms with van der Waals surface area (Å²) in [6.45, 7) is 3.84. The Bertz CT molecular complexity index is 1230. The number of hydrogen-bond donors (Lipinski definition) is 1. The molecule has 1 heterocycles. The molecule has 0 spiro atoms. The number of hydrogen-bond acceptors (Lipinski definition) is 5. The highest BCUT2D eigenvalue weighted by molar-refractivity contribution is 7.92. The zero-order valence-corrected chi connectivity index (χ0v) is 18.6. The minimum Gasteiger partial charge on any atom is -0.487 e. The second-order valence-corrected chi connectivity index (χ2v) is 9.47. The van der Waals surface area contributed by atoms with Crippen LogP contribution < -0.4 is 19.1 Å². The van der Waals surface area contributed by atoms with E-state index in [-0.39, 0.29) is 30.1 Å². The van der Waals surface area contributed by atoms with Gasteiger partial charge in [-0.05, 0) is 67.9 Å². The van der Waals surface area contributed by atoms with Crippen molar-refractivity contribution in [2.24, 2.45) is 0 Å². The van der Waals surface area contributed by atoms with E-state index in [1.807, 2.05) is 38.1 Å². The van der Waals surface area contributed by atoms with Gasteiger partial charge < -0.3 is 14.8 Å². The fourth-order valence-corrected chi connectivity index (χ4v) is 5.02. The molecule has 0 radical (unpaired) electrons.